The highest BCUT2D eigenvalue weighted by atomic mass is 35.5. The number of carbonyl (C=O) groups excluding carboxylic acids is 2. The molecule has 2 N–H and O–H groups in total. The molecule has 1 heterocycles. The van der Waals surface area contributed by atoms with Crippen LogP contribution in [-0.2, 0) is 4.79 Å². The number of pyridine rings is 1. The minimum atomic E-state index is -0.284. The Morgan fingerprint density at radius 2 is 1.81 bits per heavy atom. The van der Waals surface area contributed by atoms with E-state index in [1.165, 1.54) is 11.8 Å². The van der Waals surface area contributed by atoms with Crippen LogP contribution >= 0.6 is 23.4 Å². The summed E-state index contributed by atoms with van der Waals surface area (Å²) in [4.78, 5) is 30.0. The fraction of sp³-hybridized carbons (Fsp3) is 0.208. The Labute approximate surface area is 191 Å². The maximum absolute atomic E-state index is 13.0. The second-order valence-electron chi connectivity index (χ2n) is 7.21. The number of nitrogens with zero attached hydrogens (tertiary/aromatic N) is 1. The molecule has 1 aromatic heterocycles. The molecule has 3 rings (SSSR count). The summed E-state index contributed by atoms with van der Waals surface area (Å²) in [6.07, 6.45) is 0. The van der Waals surface area contributed by atoms with Crippen molar-refractivity contribution in [2.24, 2.45) is 0 Å². The number of thioether (sulfide) groups is 1. The second-order valence-corrected chi connectivity index (χ2v) is 8.61. The topological polar surface area (TPSA) is 71.1 Å². The molecule has 0 radical (unpaired) electrons. The van der Waals surface area contributed by atoms with Crippen molar-refractivity contribution in [1.29, 1.82) is 0 Å². The lowest BCUT2D eigenvalue weighted by molar-refractivity contribution is -0.119. The third-order valence-corrected chi connectivity index (χ3v) is 5.85. The van der Waals surface area contributed by atoms with Gasteiger partial charge in [-0.15, -0.1) is 0 Å². The summed E-state index contributed by atoms with van der Waals surface area (Å²) in [5, 5.41) is 6.92. The van der Waals surface area contributed by atoms with Gasteiger partial charge in [0, 0.05) is 16.4 Å². The number of benzene rings is 2. The molecular formula is C24H24ClN3O2S. The number of halogens is 1. The van der Waals surface area contributed by atoms with E-state index in [0.717, 1.165) is 16.8 Å². The van der Waals surface area contributed by atoms with Crippen molar-refractivity contribution in [3.8, 4) is 0 Å². The average molecular weight is 454 g/mol. The minimum Gasteiger partial charge on any atom is -0.349 e. The van der Waals surface area contributed by atoms with E-state index < -0.39 is 0 Å². The van der Waals surface area contributed by atoms with Gasteiger partial charge in [0.25, 0.3) is 5.91 Å². The van der Waals surface area contributed by atoms with E-state index in [-0.39, 0.29) is 23.6 Å². The van der Waals surface area contributed by atoms with Crippen LogP contribution in [-0.4, -0.2) is 22.6 Å². The van der Waals surface area contributed by atoms with Crippen LogP contribution in [0.3, 0.4) is 0 Å². The third-order valence-electron chi connectivity index (χ3n) is 4.64. The predicted octanol–water partition coefficient (Wildman–Crippen LogP) is 5.57. The summed E-state index contributed by atoms with van der Waals surface area (Å²) >= 11 is 7.27. The summed E-state index contributed by atoms with van der Waals surface area (Å²) in [6, 6.07) is 18.5. The van der Waals surface area contributed by atoms with Gasteiger partial charge in [0.2, 0.25) is 5.91 Å². The highest BCUT2D eigenvalue weighted by Crippen LogP contribution is 2.26. The highest BCUT2D eigenvalue weighted by Gasteiger charge is 2.19. The lowest BCUT2D eigenvalue weighted by Gasteiger charge is -2.15. The molecule has 7 heteroatoms. The number of carbonyl (C=O) groups is 2. The van der Waals surface area contributed by atoms with Gasteiger partial charge in [-0.2, -0.15) is 0 Å². The molecule has 0 saturated carbocycles. The molecule has 2 amide bonds. The normalized spacial score (nSPS) is 11.6. The first-order chi connectivity index (χ1) is 14.8. The summed E-state index contributed by atoms with van der Waals surface area (Å²) in [5.41, 5.74) is 3.68. The van der Waals surface area contributed by atoms with Crippen molar-refractivity contribution in [1.82, 2.24) is 10.3 Å². The number of anilines is 1. The maximum Gasteiger partial charge on any atom is 0.258 e. The smallest absolute Gasteiger partial charge is 0.258 e. The van der Waals surface area contributed by atoms with Crippen LogP contribution in [0.15, 0.2) is 65.7 Å². The van der Waals surface area contributed by atoms with Gasteiger partial charge in [0.05, 0.1) is 17.4 Å². The van der Waals surface area contributed by atoms with Gasteiger partial charge in [0.15, 0.2) is 0 Å². The first-order valence-corrected chi connectivity index (χ1v) is 11.2. The molecule has 2 aromatic carbocycles. The number of amides is 2. The SMILES string of the molecule is Cc1cc(C)c(C(=O)Nc2cccc(Cl)c2)c(SCC(=O)N[C@H](C)c2ccccc2)n1. The molecule has 3 aromatic rings. The second kappa shape index (κ2) is 10.5. The monoisotopic (exact) mass is 453 g/mol. The van der Waals surface area contributed by atoms with Crippen molar-refractivity contribution in [2.75, 3.05) is 11.1 Å². The van der Waals surface area contributed by atoms with E-state index in [9.17, 15) is 9.59 Å². The van der Waals surface area contributed by atoms with E-state index >= 15 is 0 Å². The first-order valence-electron chi connectivity index (χ1n) is 9.85. The van der Waals surface area contributed by atoms with Gasteiger partial charge in [-0.25, -0.2) is 4.98 Å². The molecule has 0 bridgehead atoms. The van der Waals surface area contributed by atoms with E-state index in [1.54, 1.807) is 24.3 Å². The Bertz CT molecular complexity index is 1090. The fourth-order valence-electron chi connectivity index (χ4n) is 3.19. The van der Waals surface area contributed by atoms with E-state index in [2.05, 4.69) is 15.6 Å². The molecular weight excluding hydrogens is 430 g/mol. The number of aromatic nitrogens is 1. The molecule has 31 heavy (non-hydrogen) atoms. The van der Waals surface area contributed by atoms with E-state index in [4.69, 9.17) is 11.6 Å². The summed E-state index contributed by atoms with van der Waals surface area (Å²) in [7, 11) is 0. The lowest BCUT2D eigenvalue weighted by Crippen LogP contribution is -2.28. The molecule has 0 unspecified atom stereocenters. The number of hydrogen-bond acceptors (Lipinski definition) is 4. The third kappa shape index (κ3) is 6.32. The van der Waals surface area contributed by atoms with Crippen LogP contribution in [0.25, 0.3) is 0 Å². The zero-order valence-electron chi connectivity index (χ0n) is 17.6. The van der Waals surface area contributed by atoms with Gasteiger partial charge in [-0.3, -0.25) is 9.59 Å². The van der Waals surface area contributed by atoms with Gasteiger partial charge in [-0.05, 0) is 56.2 Å². The average Bonchev–Trinajstić information content (AvgIpc) is 2.72. The molecule has 0 aliphatic carbocycles. The van der Waals surface area contributed by atoms with Gasteiger partial charge in [0.1, 0.15) is 5.03 Å². The van der Waals surface area contributed by atoms with Crippen LogP contribution in [0, 0.1) is 13.8 Å². The van der Waals surface area contributed by atoms with E-state index in [1.807, 2.05) is 57.2 Å². The molecule has 0 fully saturated rings. The molecule has 0 saturated heterocycles. The van der Waals surface area contributed by atoms with E-state index in [0.29, 0.717) is 21.3 Å². The standard InChI is InChI=1S/C24H24ClN3O2S/c1-15-12-16(2)26-24(22(15)23(30)28-20-11-7-10-19(25)13-20)31-14-21(29)27-17(3)18-8-5-4-6-9-18/h4-13,17H,14H2,1-3H3,(H,27,29)(H,28,30)/t17-/m1/s1. The zero-order valence-corrected chi connectivity index (χ0v) is 19.2. The Balaban J connectivity index is 1.72. The van der Waals surface area contributed by atoms with Crippen LogP contribution in [0.4, 0.5) is 5.69 Å². The molecule has 0 aliphatic heterocycles. The zero-order chi connectivity index (χ0) is 22.4. The predicted molar refractivity (Wildman–Crippen MR) is 127 cm³/mol. The highest BCUT2D eigenvalue weighted by molar-refractivity contribution is 8.00. The van der Waals surface area contributed by atoms with Crippen LogP contribution < -0.4 is 10.6 Å². The number of hydrogen-bond donors (Lipinski definition) is 2. The first kappa shape index (κ1) is 22.8. The van der Waals surface area contributed by atoms with Crippen molar-refractivity contribution in [3.05, 3.63) is 88.1 Å². The van der Waals surface area contributed by atoms with Crippen molar-refractivity contribution in [2.45, 2.75) is 31.8 Å². The Hall–Kier alpha value is -2.83. The molecule has 1 atom stereocenters. The number of aryl methyl sites for hydroxylation is 2. The lowest BCUT2D eigenvalue weighted by atomic mass is 10.1. The van der Waals surface area contributed by atoms with Crippen LogP contribution in [0.5, 0.6) is 0 Å². The Morgan fingerprint density at radius 3 is 2.52 bits per heavy atom. The van der Waals surface area contributed by atoms with Crippen LogP contribution in [0.1, 0.15) is 40.1 Å². The Morgan fingerprint density at radius 1 is 1.06 bits per heavy atom. The van der Waals surface area contributed by atoms with Gasteiger partial charge in [-0.1, -0.05) is 59.8 Å². The van der Waals surface area contributed by atoms with Crippen LogP contribution in [0.2, 0.25) is 5.02 Å². The minimum absolute atomic E-state index is 0.105. The Kier molecular flexibility index (Phi) is 7.71. The molecule has 5 nitrogen and oxygen atoms in total. The fourth-order valence-corrected chi connectivity index (χ4v) is 4.33. The molecule has 0 aliphatic rings. The van der Waals surface area contributed by atoms with Crippen molar-refractivity contribution >= 4 is 40.9 Å². The number of nitrogens with one attached hydrogen (secondary N) is 2. The molecule has 160 valence electrons. The maximum atomic E-state index is 13.0. The van der Waals surface area contributed by atoms with Gasteiger partial charge < -0.3 is 10.6 Å². The summed E-state index contributed by atoms with van der Waals surface area (Å²) in [5.74, 6) is -0.249. The van der Waals surface area contributed by atoms with Crippen molar-refractivity contribution in [3.63, 3.8) is 0 Å². The van der Waals surface area contributed by atoms with Gasteiger partial charge >= 0.3 is 0 Å². The van der Waals surface area contributed by atoms with Crippen molar-refractivity contribution < 1.29 is 9.59 Å². The quantitative estimate of drug-likeness (QED) is 0.458. The summed E-state index contributed by atoms with van der Waals surface area (Å²) in [6.45, 7) is 5.67. The summed E-state index contributed by atoms with van der Waals surface area (Å²) < 4.78 is 0. The largest absolute Gasteiger partial charge is 0.349 e. The number of rotatable bonds is 7. The molecule has 0 spiro atoms.